The molecule has 1 aliphatic carbocycles. The summed E-state index contributed by atoms with van der Waals surface area (Å²) in [6.45, 7) is 4.40. The lowest BCUT2D eigenvalue weighted by molar-refractivity contribution is 0.611. The van der Waals surface area contributed by atoms with Gasteiger partial charge in [0.2, 0.25) is 0 Å². The number of unbranched alkanes of at least 4 members (excludes halogenated alkanes) is 2. The molecule has 0 aromatic heterocycles. The maximum atomic E-state index is 2.32. The molecule has 0 aromatic carbocycles. The summed E-state index contributed by atoms with van der Waals surface area (Å²) >= 11 is 0. The van der Waals surface area contributed by atoms with E-state index in [4.69, 9.17) is 0 Å². The molecule has 0 radical (unpaired) electrons. The standard InChI is InChI=1S/C13H20/c1-3-4-5-8-13-9-6-7-12(2)10-11-13/h6-7,9-11,13H,3-5,8H2,1-2H3. The van der Waals surface area contributed by atoms with Crippen LogP contribution in [0.25, 0.3) is 0 Å². The quantitative estimate of drug-likeness (QED) is 0.561. The molecule has 0 amide bonds. The summed E-state index contributed by atoms with van der Waals surface area (Å²) in [6, 6.07) is 0. The molecule has 0 bridgehead atoms. The van der Waals surface area contributed by atoms with Gasteiger partial charge in [-0.2, -0.15) is 0 Å². The van der Waals surface area contributed by atoms with Crippen LogP contribution < -0.4 is 0 Å². The van der Waals surface area contributed by atoms with Gasteiger partial charge in [0.25, 0.3) is 0 Å². The number of rotatable bonds is 4. The molecular weight excluding hydrogens is 156 g/mol. The zero-order valence-corrected chi connectivity index (χ0v) is 8.79. The van der Waals surface area contributed by atoms with Gasteiger partial charge < -0.3 is 0 Å². The molecule has 0 aromatic rings. The second-order valence-corrected chi connectivity index (χ2v) is 3.81. The van der Waals surface area contributed by atoms with E-state index in [0.29, 0.717) is 5.92 Å². The van der Waals surface area contributed by atoms with Crippen molar-refractivity contribution < 1.29 is 0 Å². The Bertz CT molecular complexity index is 218. The average molecular weight is 176 g/mol. The molecule has 0 saturated carbocycles. The maximum Gasteiger partial charge on any atom is -0.00472 e. The first-order valence-electron chi connectivity index (χ1n) is 5.36. The lowest BCUT2D eigenvalue weighted by Gasteiger charge is -2.05. The van der Waals surface area contributed by atoms with Crippen LogP contribution in [-0.2, 0) is 0 Å². The molecule has 1 unspecified atom stereocenters. The Kier molecular flexibility index (Phi) is 4.59. The SMILES string of the molecule is CCCCCC1C=CC=C(C)C=C1. The van der Waals surface area contributed by atoms with Gasteiger partial charge >= 0.3 is 0 Å². The normalized spacial score (nSPS) is 21.4. The van der Waals surface area contributed by atoms with E-state index in [0.717, 1.165) is 0 Å². The highest BCUT2D eigenvalue weighted by Gasteiger charge is 2.00. The molecule has 1 atom stereocenters. The van der Waals surface area contributed by atoms with E-state index in [1.165, 1.54) is 31.3 Å². The lowest BCUT2D eigenvalue weighted by Crippen LogP contribution is -1.90. The van der Waals surface area contributed by atoms with Crippen LogP contribution in [0, 0.1) is 5.92 Å². The minimum Gasteiger partial charge on any atom is -0.0776 e. The fourth-order valence-electron chi connectivity index (χ4n) is 1.57. The number of allylic oxidation sites excluding steroid dienone is 6. The molecular formula is C13H20. The summed E-state index contributed by atoms with van der Waals surface area (Å²) in [5.74, 6) is 0.667. The number of hydrogen-bond acceptors (Lipinski definition) is 0. The van der Waals surface area contributed by atoms with Crippen molar-refractivity contribution in [3.8, 4) is 0 Å². The molecule has 0 heterocycles. The molecule has 72 valence electrons. The summed E-state index contributed by atoms with van der Waals surface area (Å²) in [6.07, 6.45) is 16.6. The van der Waals surface area contributed by atoms with E-state index in [9.17, 15) is 0 Å². The molecule has 0 nitrogen and oxygen atoms in total. The van der Waals surface area contributed by atoms with Crippen molar-refractivity contribution in [3.63, 3.8) is 0 Å². The molecule has 0 saturated heterocycles. The first kappa shape index (κ1) is 10.3. The third-order valence-electron chi connectivity index (χ3n) is 2.46. The molecule has 0 N–H and O–H groups in total. The van der Waals surface area contributed by atoms with Crippen LogP contribution in [0.1, 0.15) is 39.5 Å². The highest BCUT2D eigenvalue weighted by atomic mass is 14.1. The van der Waals surface area contributed by atoms with Crippen molar-refractivity contribution in [1.82, 2.24) is 0 Å². The van der Waals surface area contributed by atoms with E-state index >= 15 is 0 Å². The van der Waals surface area contributed by atoms with Crippen molar-refractivity contribution in [2.75, 3.05) is 0 Å². The summed E-state index contributed by atoms with van der Waals surface area (Å²) < 4.78 is 0. The van der Waals surface area contributed by atoms with Crippen molar-refractivity contribution in [2.24, 2.45) is 5.92 Å². The highest BCUT2D eigenvalue weighted by Crippen LogP contribution is 2.16. The second-order valence-electron chi connectivity index (χ2n) is 3.81. The van der Waals surface area contributed by atoms with Gasteiger partial charge in [-0.05, 0) is 19.3 Å². The fraction of sp³-hybridized carbons (Fsp3) is 0.538. The fourth-order valence-corrected chi connectivity index (χ4v) is 1.57. The van der Waals surface area contributed by atoms with Crippen molar-refractivity contribution in [2.45, 2.75) is 39.5 Å². The summed E-state index contributed by atoms with van der Waals surface area (Å²) in [4.78, 5) is 0. The van der Waals surface area contributed by atoms with Crippen LogP contribution in [-0.4, -0.2) is 0 Å². The van der Waals surface area contributed by atoms with Gasteiger partial charge in [-0.25, -0.2) is 0 Å². The predicted octanol–water partition coefficient (Wildman–Crippen LogP) is 4.26. The Morgan fingerprint density at radius 3 is 2.85 bits per heavy atom. The molecule has 13 heavy (non-hydrogen) atoms. The Labute approximate surface area is 82.0 Å². The van der Waals surface area contributed by atoms with Crippen LogP contribution in [0.3, 0.4) is 0 Å². The van der Waals surface area contributed by atoms with Gasteiger partial charge in [-0.15, -0.1) is 0 Å². The van der Waals surface area contributed by atoms with Crippen LogP contribution in [0.15, 0.2) is 36.0 Å². The molecule has 1 aliphatic rings. The Morgan fingerprint density at radius 1 is 1.23 bits per heavy atom. The Hall–Kier alpha value is -0.780. The van der Waals surface area contributed by atoms with Gasteiger partial charge in [0.1, 0.15) is 0 Å². The first-order chi connectivity index (χ1) is 6.33. The topological polar surface area (TPSA) is 0 Å². The third-order valence-corrected chi connectivity index (χ3v) is 2.46. The largest absolute Gasteiger partial charge is 0.0776 e. The second kappa shape index (κ2) is 5.80. The van der Waals surface area contributed by atoms with Gasteiger partial charge in [0, 0.05) is 0 Å². The van der Waals surface area contributed by atoms with Gasteiger partial charge in [0.05, 0.1) is 0 Å². The van der Waals surface area contributed by atoms with Gasteiger partial charge in [-0.1, -0.05) is 62.1 Å². The van der Waals surface area contributed by atoms with Crippen molar-refractivity contribution >= 4 is 0 Å². The zero-order chi connectivity index (χ0) is 9.52. The van der Waals surface area contributed by atoms with E-state index < -0.39 is 0 Å². The molecule has 1 rings (SSSR count). The summed E-state index contributed by atoms with van der Waals surface area (Å²) in [5.41, 5.74) is 1.36. The summed E-state index contributed by atoms with van der Waals surface area (Å²) in [5, 5.41) is 0. The lowest BCUT2D eigenvalue weighted by atomic mass is 10.0. The van der Waals surface area contributed by atoms with E-state index in [-0.39, 0.29) is 0 Å². The Balaban J connectivity index is 2.33. The molecule has 0 fully saturated rings. The van der Waals surface area contributed by atoms with E-state index in [1.54, 1.807) is 0 Å². The predicted molar refractivity (Wildman–Crippen MR) is 59.7 cm³/mol. The van der Waals surface area contributed by atoms with E-state index in [2.05, 4.69) is 44.2 Å². The molecule has 0 spiro atoms. The zero-order valence-electron chi connectivity index (χ0n) is 8.79. The smallest absolute Gasteiger partial charge is 0.00472 e. The van der Waals surface area contributed by atoms with Crippen LogP contribution in [0.5, 0.6) is 0 Å². The Morgan fingerprint density at radius 2 is 2.08 bits per heavy atom. The first-order valence-corrected chi connectivity index (χ1v) is 5.36. The molecule has 0 aliphatic heterocycles. The monoisotopic (exact) mass is 176 g/mol. The number of hydrogen-bond donors (Lipinski definition) is 0. The van der Waals surface area contributed by atoms with Crippen molar-refractivity contribution in [1.29, 1.82) is 0 Å². The minimum atomic E-state index is 0.667. The van der Waals surface area contributed by atoms with Crippen LogP contribution in [0.2, 0.25) is 0 Å². The average Bonchev–Trinajstić information content (AvgIpc) is 2.32. The third kappa shape index (κ3) is 4.12. The highest BCUT2D eigenvalue weighted by molar-refractivity contribution is 5.26. The van der Waals surface area contributed by atoms with E-state index in [1.807, 2.05) is 0 Å². The van der Waals surface area contributed by atoms with Gasteiger partial charge in [-0.3, -0.25) is 0 Å². The van der Waals surface area contributed by atoms with Gasteiger partial charge in [0.15, 0.2) is 0 Å². The minimum absolute atomic E-state index is 0.667. The van der Waals surface area contributed by atoms with Crippen LogP contribution in [0.4, 0.5) is 0 Å². The maximum absolute atomic E-state index is 2.32. The molecule has 0 heteroatoms. The van der Waals surface area contributed by atoms with Crippen LogP contribution >= 0.6 is 0 Å². The van der Waals surface area contributed by atoms with Crippen molar-refractivity contribution in [3.05, 3.63) is 36.0 Å². The summed E-state index contributed by atoms with van der Waals surface area (Å²) in [7, 11) is 0.